The fourth-order valence-corrected chi connectivity index (χ4v) is 7.57. The van der Waals surface area contributed by atoms with Crippen molar-refractivity contribution in [1.82, 2.24) is 0 Å². The lowest BCUT2D eigenvalue weighted by Gasteiger charge is -2.03. The predicted molar refractivity (Wildman–Crippen MR) is 134 cm³/mol. The summed E-state index contributed by atoms with van der Waals surface area (Å²) in [6.07, 6.45) is 6.47. The summed E-state index contributed by atoms with van der Waals surface area (Å²) in [5.41, 5.74) is 2.92. The van der Waals surface area contributed by atoms with Crippen molar-refractivity contribution in [3.63, 3.8) is 0 Å². The Balaban J connectivity index is 1.62. The van der Waals surface area contributed by atoms with Crippen molar-refractivity contribution >= 4 is 54.9 Å². The highest BCUT2D eigenvalue weighted by molar-refractivity contribution is 7.25. The minimum Gasteiger partial charge on any atom is -0.143 e. The van der Waals surface area contributed by atoms with Gasteiger partial charge < -0.3 is 0 Å². The standard InChI is InChI=1S/C26H24S3/c1-2-3-4-5-10-18-15-16-27-24(18)26-21-13-7-6-12-20(21)25(29-26)22-17-28-23-14-9-8-11-19(22)23/h6-9,11-17H,2-5,10H2,1H3. The first-order valence-electron chi connectivity index (χ1n) is 10.4. The molecule has 3 heteroatoms. The van der Waals surface area contributed by atoms with Gasteiger partial charge in [-0.05, 0) is 35.9 Å². The van der Waals surface area contributed by atoms with E-state index in [1.165, 1.54) is 78.7 Å². The van der Waals surface area contributed by atoms with E-state index in [9.17, 15) is 0 Å². The third kappa shape index (κ3) is 3.56. The van der Waals surface area contributed by atoms with Crippen LogP contribution >= 0.6 is 34.0 Å². The van der Waals surface area contributed by atoms with Crippen LogP contribution in [0.1, 0.15) is 38.2 Å². The van der Waals surface area contributed by atoms with Crippen molar-refractivity contribution < 1.29 is 0 Å². The zero-order chi connectivity index (χ0) is 19.6. The fraction of sp³-hybridized carbons (Fsp3) is 0.231. The molecule has 0 amide bonds. The second kappa shape index (κ2) is 8.43. The Labute approximate surface area is 184 Å². The van der Waals surface area contributed by atoms with Crippen molar-refractivity contribution in [3.05, 3.63) is 70.9 Å². The molecule has 0 N–H and O–H groups in total. The quantitative estimate of drug-likeness (QED) is 0.224. The van der Waals surface area contributed by atoms with Gasteiger partial charge in [-0.2, -0.15) is 0 Å². The zero-order valence-corrected chi connectivity index (χ0v) is 19.1. The van der Waals surface area contributed by atoms with Gasteiger partial charge in [-0.15, -0.1) is 34.0 Å². The molecule has 0 radical (unpaired) electrons. The summed E-state index contributed by atoms with van der Waals surface area (Å²) in [6.45, 7) is 2.28. The van der Waals surface area contributed by atoms with E-state index in [0.29, 0.717) is 0 Å². The molecule has 0 bridgehead atoms. The zero-order valence-electron chi connectivity index (χ0n) is 16.6. The Morgan fingerprint density at radius 1 is 0.690 bits per heavy atom. The predicted octanol–water partition coefficient (Wildman–Crippen LogP) is 9.63. The highest BCUT2D eigenvalue weighted by atomic mass is 32.1. The minimum absolute atomic E-state index is 1.20. The molecule has 0 atom stereocenters. The SMILES string of the molecule is CCCCCCc1ccsc1-c1sc(-c2csc3ccccc23)c2ccccc12. The Morgan fingerprint density at radius 3 is 2.28 bits per heavy atom. The number of hydrogen-bond acceptors (Lipinski definition) is 3. The van der Waals surface area contributed by atoms with Gasteiger partial charge in [0.2, 0.25) is 0 Å². The van der Waals surface area contributed by atoms with E-state index in [2.05, 4.69) is 72.3 Å². The largest absolute Gasteiger partial charge is 0.143 e. The molecule has 0 aliphatic rings. The molecule has 5 aromatic rings. The molecular formula is C26H24S3. The Kier molecular flexibility index (Phi) is 5.54. The lowest BCUT2D eigenvalue weighted by molar-refractivity contribution is 0.668. The molecule has 2 aromatic carbocycles. The van der Waals surface area contributed by atoms with E-state index in [1.807, 2.05) is 34.0 Å². The fourth-order valence-electron chi connectivity index (χ4n) is 4.09. The van der Waals surface area contributed by atoms with Crippen LogP contribution in [0.5, 0.6) is 0 Å². The number of unbranched alkanes of at least 4 members (excludes halogenated alkanes) is 3. The Bertz CT molecular complexity index is 1250. The van der Waals surface area contributed by atoms with Gasteiger partial charge in [0.05, 0.1) is 4.88 Å². The van der Waals surface area contributed by atoms with Gasteiger partial charge in [0.25, 0.3) is 0 Å². The molecule has 0 unspecified atom stereocenters. The lowest BCUT2D eigenvalue weighted by atomic mass is 10.0. The molecule has 0 spiro atoms. The molecule has 146 valence electrons. The molecule has 0 fully saturated rings. The van der Waals surface area contributed by atoms with Crippen LogP contribution in [0.15, 0.2) is 65.4 Å². The van der Waals surface area contributed by atoms with Crippen molar-refractivity contribution in [2.24, 2.45) is 0 Å². The Morgan fingerprint density at radius 2 is 1.45 bits per heavy atom. The van der Waals surface area contributed by atoms with E-state index in [4.69, 9.17) is 0 Å². The molecule has 29 heavy (non-hydrogen) atoms. The normalized spacial score (nSPS) is 11.6. The second-order valence-electron chi connectivity index (χ2n) is 7.54. The molecule has 0 aliphatic carbocycles. The van der Waals surface area contributed by atoms with Gasteiger partial charge in [-0.25, -0.2) is 0 Å². The van der Waals surface area contributed by atoms with E-state index in [1.54, 1.807) is 0 Å². The molecule has 3 heterocycles. The van der Waals surface area contributed by atoms with Crippen LogP contribution in [0.25, 0.3) is 41.1 Å². The number of rotatable bonds is 7. The average Bonchev–Trinajstić information content (AvgIpc) is 3.47. The highest BCUT2D eigenvalue weighted by Crippen LogP contribution is 2.49. The van der Waals surface area contributed by atoms with Crippen molar-refractivity contribution in [1.29, 1.82) is 0 Å². The van der Waals surface area contributed by atoms with Crippen LogP contribution in [0.4, 0.5) is 0 Å². The van der Waals surface area contributed by atoms with E-state index in [-0.39, 0.29) is 0 Å². The molecule has 0 aliphatic heterocycles. The number of fused-ring (bicyclic) bond motifs is 2. The molecule has 0 nitrogen and oxygen atoms in total. The molecule has 0 saturated carbocycles. The number of aryl methyl sites for hydroxylation is 1. The van der Waals surface area contributed by atoms with Crippen molar-refractivity contribution in [2.75, 3.05) is 0 Å². The summed E-state index contributed by atoms with van der Waals surface area (Å²) < 4.78 is 1.37. The summed E-state index contributed by atoms with van der Waals surface area (Å²) in [5.74, 6) is 0. The first kappa shape index (κ1) is 19.0. The van der Waals surface area contributed by atoms with Crippen LogP contribution in [0.3, 0.4) is 0 Å². The lowest BCUT2D eigenvalue weighted by Crippen LogP contribution is -1.85. The third-order valence-electron chi connectivity index (χ3n) is 5.60. The van der Waals surface area contributed by atoms with E-state index < -0.39 is 0 Å². The molecule has 3 aromatic heterocycles. The monoisotopic (exact) mass is 432 g/mol. The summed E-state index contributed by atoms with van der Waals surface area (Å²) in [6, 6.07) is 20.1. The van der Waals surface area contributed by atoms with E-state index >= 15 is 0 Å². The van der Waals surface area contributed by atoms with Crippen molar-refractivity contribution in [2.45, 2.75) is 39.0 Å². The maximum Gasteiger partial charge on any atom is 0.0530 e. The third-order valence-corrected chi connectivity index (χ3v) is 8.94. The number of thiophene rings is 3. The van der Waals surface area contributed by atoms with Gasteiger partial charge in [0, 0.05) is 41.6 Å². The van der Waals surface area contributed by atoms with Gasteiger partial charge in [0.1, 0.15) is 0 Å². The highest BCUT2D eigenvalue weighted by Gasteiger charge is 2.19. The average molecular weight is 433 g/mol. The van der Waals surface area contributed by atoms with Gasteiger partial charge >= 0.3 is 0 Å². The smallest absolute Gasteiger partial charge is 0.0530 e. The van der Waals surface area contributed by atoms with Gasteiger partial charge in [-0.1, -0.05) is 68.7 Å². The summed E-state index contributed by atoms with van der Waals surface area (Å²) in [5, 5.41) is 8.79. The second-order valence-corrected chi connectivity index (χ2v) is 10.4. The molecule has 0 saturated heterocycles. The first-order valence-corrected chi connectivity index (χ1v) is 13.0. The minimum atomic E-state index is 1.20. The van der Waals surface area contributed by atoms with Crippen molar-refractivity contribution in [3.8, 4) is 20.2 Å². The van der Waals surface area contributed by atoms with Gasteiger partial charge in [-0.3, -0.25) is 0 Å². The van der Waals surface area contributed by atoms with Gasteiger partial charge in [0.15, 0.2) is 0 Å². The van der Waals surface area contributed by atoms with Crippen LogP contribution in [0.2, 0.25) is 0 Å². The Hall–Kier alpha value is -1.94. The summed E-state index contributed by atoms with van der Waals surface area (Å²) >= 11 is 5.74. The van der Waals surface area contributed by atoms with E-state index in [0.717, 1.165) is 0 Å². The van der Waals surface area contributed by atoms with Crippen LogP contribution in [-0.2, 0) is 6.42 Å². The first-order chi connectivity index (χ1) is 14.4. The van der Waals surface area contributed by atoms with Crippen LogP contribution < -0.4 is 0 Å². The number of benzene rings is 2. The topological polar surface area (TPSA) is 0 Å². The number of hydrogen-bond donors (Lipinski definition) is 0. The molecule has 5 rings (SSSR count). The maximum atomic E-state index is 2.35. The molecular weight excluding hydrogens is 408 g/mol. The summed E-state index contributed by atoms with van der Waals surface area (Å²) in [7, 11) is 0. The summed E-state index contributed by atoms with van der Waals surface area (Å²) in [4.78, 5) is 4.35. The maximum absolute atomic E-state index is 2.35. The van der Waals surface area contributed by atoms with Crippen LogP contribution in [0, 0.1) is 0 Å². The van der Waals surface area contributed by atoms with Crippen LogP contribution in [-0.4, -0.2) is 0 Å².